The van der Waals surface area contributed by atoms with Gasteiger partial charge in [-0.15, -0.1) is 0 Å². The fraction of sp³-hybridized carbons (Fsp3) is 0.385. The van der Waals surface area contributed by atoms with Gasteiger partial charge in [0.2, 0.25) is 0 Å². The van der Waals surface area contributed by atoms with E-state index in [1.165, 1.54) is 5.69 Å². The van der Waals surface area contributed by atoms with Crippen molar-refractivity contribution in [3.63, 3.8) is 0 Å². The predicted octanol–water partition coefficient (Wildman–Crippen LogP) is 3.91. The Morgan fingerprint density at radius 2 is 2.03 bits per heavy atom. The van der Waals surface area contributed by atoms with Gasteiger partial charge in [-0.25, -0.2) is 0 Å². The van der Waals surface area contributed by atoms with E-state index in [0.717, 1.165) is 42.1 Å². The molecule has 0 bridgehead atoms. The van der Waals surface area contributed by atoms with Crippen molar-refractivity contribution in [1.29, 1.82) is 0 Å². The van der Waals surface area contributed by atoms with Crippen LogP contribution in [0.5, 0.6) is 5.75 Å². The number of nitrogens with zero attached hydrogens (tertiary/aromatic N) is 3. The summed E-state index contributed by atoms with van der Waals surface area (Å²) >= 11 is 0. The highest BCUT2D eigenvalue weighted by Gasteiger charge is 2.54. The van der Waals surface area contributed by atoms with E-state index in [2.05, 4.69) is 45.3 Å². The molecule has 170 valence electrons. The summed E-state index contributed by atoms with van der Waals surface area (Å²) in [5.41, 5.74) is 4.43. The maximum atomic E-state index is 13.0. The molecular formula is C26H28N4O3. The number of piperidine rings is 1. The first-order valence-electron chi connectivity index (χ1n) is 11.5. The van der Waals surface area contributed by atoms with Crippen molar-refractivity contribution < 1.29 is 14.3 Å². The summed E-state index contributed by atoms with van der Waals surface area (Å²) in [5, 5.41) is 3.81. The molecule has 2 saturated heterocycles. The third-order valence-corrected chi connectivity index (χ3v) is 7.45. The predicted molar refractivity (Wildman–Crippen MR) is 125 cm³/mol. The number of hydrogen-bond donors (Lipinski definition) is 1. The van der Waals surface area contributed by atoms with Crippen LogP contribution in [0.2, 0.25) is 0 Å². The smallest absolute Gasteiger partial charge is 0.255 e. The van der Waals surface area contributed by atoms with Crippen molar-refractivity contribution in [2.24, 2.45) is 0 Å². The van der Waals surface area contributed by atoms with Gasteiger partial charge >= 0.3 is 0 Å². The first-order valence-corrected chi connectivity index (χ1v) is 11.5. The van der Waals surface area contributed by atoms with E-state index in [9.17, 15) is 4.79 Å². The average Bonchev–Trinajstić information content (AvgIpc) is 3.46. The van der Waals surface area contributed by atoms with Crippen LogP contribution in [0.3, 0.4) is 0 Å². The molecule has 0 radical (unpaired) electrons. The van der Waals surface area contributed by atoms with Crippen molar-refractivity contribution in [3.05, 3.63) is 71.8 Å². The Morgan fingerprint density at radius 1 is 1.18 bits per heavy atom. The molecule has 0 aliphatic carbocycles. The number of ether oxygens (including phenoxy) is 2. The van der Waals surface area contributed by atoms with Gasteiger partial charge in [-0.05, 0) is 56.2 Å². The van der Waals surface area contributed by atoms with Gasteiger partial charge in [0, 0.05) is 43.7 Å². The number of amides is 1. The minimum Gasteiger partial charge on any atom is -0.497 e. The first kappa shape index (κ1) is 20.3. The molecular weight excluding hydrogens is 416 g/mol. The Morgan fingerprint density at radius 3 is 2.79 bits per heavy atom. The molecule has 3 aromatic rings. The van der Waals surface area contributed by atoms with E-state index >= 15 is 0 Å². The zero-order chi connectivity index (χ0) is 22.6. The summed E-state index contributed by atoms with van der Waals surface area (Å²) in [4.78, 5) is 19.2. The van der Waals surface area contributed by atoms with Gasteiger partial charge in [-0.2, -0.15) is 0 Å². The van der Waals surface area contributed by atoms with Crippen LogP contribution in [0, 0.1) is 6.92 Å². The number of nitrogens with one attached hydrogen (secondary N) is 1. The molecule has 2 fully saturated rings. The fourth-order valence-corrected chi connectivity index (χ4v) is 5.64. The Kier molecular flexibility index (Phi) is 4.52. The Labute approximate surface area is 193 Å². The molecule has 1 N–H and O–H groups in total. The van der Waals surface area contributed by atoms with Crippen molar-refractivity contribution in [2.45, 2.75) is 37.3 Å². The van der Waals surface area contributed by atoms with Gasteiger partial charge in [0.25, 0.3) is 5.91 Å². The summed E-state index contributed by atoms with van der Waals surface area (Å²) in [5.74, 6) is 0.883. The lowest BCUT2D eigenvalue weighted by Gasteiger charge is -2.41. The molecule has 5 heterocycles. The van der Waals surface area contributed by atoms with Crippen molar-refractivity contribution in [3.8, 4) is 11.4 Å². The highest BCUT2D eigenvalue weighted by atomic mass is 16.5. The third-order valence-electron chi connectivity index (χ3n) is 7.45. The monoisotopic (exact) mass is 444 g/mol. The summed E-state index contributed by atoms with van der Waals surface area (Å²) in [6.07, 6.45) is 6.31. The number of methoxy groups -OCH3 is 1. The van der Waals surface area contributed by atoms with Crippen molar-refractivity contribution >= 4 is 11.6 Å². The molecule has 33 heavy (non-hydrogen) atoms. The van der Waals surface area contributed by atoms with Crippen LogP contribution in [0.1, 0.15) is 41.0 Å². The Balaban J connectivity index is 1.23. The minimum atomic E-state index is -0.296. The maximum Gasteiger partial charge on any atom is 0.255 e. The number of fused-ring (bicyclic) bond motifs is 4. The number of pyridine rings is 1. The maximum absolute atomic E-state index is 13.0. The highest BCUT2D eigenvalue weighted by Crippen LogP contribution is 2.50. The second-order valence-electron chi connectivity index (χ2n) is 9.48. The van der Waals surface area contributed by atoms with E-state index in [4.69, 9.17) is 9.47 Å². The van der Waals surface area contributed by atoms with E-state index in [-0.39, 0.29) is 17.0 Å². The lowest BCUT2D eigenvalue weighted by atomic mass is 9.79. The largest absolute Gasteiger partial charge is 0.497 e. The molecule has 7 heteroatoms. The van der Waals surface area contributed by atoms with Crippen molar-refractivity contribution in [1.82, 2.24) is 14.5 Å². The summed E-state index contributed by atoms with van der Waals surface area (Å²) < 4.78 is 14.3. The van der Waals surface area contributed by atoms with E-state index in [1.807, 2.05) is 30.0 Å². The average molecular weight is 445 g/mol. The molecule has 0 saturated carbocycles. The van der Waals surface area contributed by atoms with Gasteiger partial charge in [-0.3, -0.25) is 9.78 Å². The lowest BCUT2D eigenvalue weighted by Crippen LogP contribution is -2.48. The summed E-state index contributed by atoms with van der Waals surface area (Å²) in [6.45, 7) is 3.91. The molecule has 1 aromatic carbocycles. The molecule has 1 atom stereocenters. The number of carbonyl (C=O) groups excluding carboxylic acids is 1. The van der Waals surface area contributed by atoms with Crippen LogP contribution in [0.4, 0.5) is 5.69 Å². The van der Waals surface area contributed by atoms with Crippen LogP contribution < -0.4 is 10.1 Å². The van der Waals surface area contributed by atoms with Crippen LogP contribution >= 0.6 is 0 Å². The zero-order valence-electron chi connectivity index (χ0n) is 19.0. The second kappa shape index (κ2) is 7.35. The van der Waals surface area contributed by atoms with E-state index in [0.29, 0.717) is 25.3 Å². The van der Waals surface area contributed by atoms with Gasteiger partial charge in [-0.1, -0.05) is 0 Å². The first-order chi connectivity index (χ1) is 16.0. The van der Waals surface area contributed by atoms with Gasteiger partial charge in [0.15, 0.2) is 0 Å². The number of anilines is 1. The van der Waals surface area contributed by atoms with Gasteiger partial charge in [0.1, 0.15) is 11.3 Å². The third kappa shape index (κ3) is 3.22. The van der Waals surface area contributed by atoms with E-state index in [1.54, 1.807) is 13.3 Å². The topological polar surface area (TPSA) is 68.6 Å². The zero-order valence-corrected chi connectivity index (χ0v) is 19.0. The number of carbonyl (C=O) groups is 1. The standard InChI is InChI=1S/C26H28N4O3/c1-18-5-6-19(15-27-18)24(31)29-12-9-25(10-13-29)16-26(17-33-25)23-4-3-11-30(23)22-8-7-20(32-2)14-21(22)28-26/h3-8,11,14-15,28H,9-10,12-13,16-17H2,1-2H3/t26-/m0/s1. The van der Waals surface area contributed by atoms with Crippen molar-refractivity contribution in [2.75, 3.05) is 32.1 Å². The Bertz CT molecular complexity index is 1210. The second-order valence-corrected chi connectivity index (χ2v) is 9.48. The molecule has 0 unspecified atom stereocenters. The number of hydrogen-bond acceptors (Lipinski definition) is 5. The normalized spacial score (nSPS) is 22.7. The highest BCUT2D eigenvalue weighted by molar-refractivity contribution is 5.94. The quantitative estimate of drug-likeness (QED) is 0.649. The summed E-state index contributed by atoms with van der Waals surface area (Å²) in [7, 11) is 1.69. The molecule has 6 rings (SSSR count). The van der Waals surface area contributed by atoms with Crippen LogP contribution in [0.15, 0.2) is 54.9 Å². The molecule has 2 spiro atoms. The molecule has 3 aliphatic rings. The SMILES string of the molecule is COc1ccc2c(c1)N[C@@]1(COC3(CCN(C(=O)c4ccc(C)nc4)CC3)C1)c1cccn1-2. The van der Waals surface area contributed by atoms with Crippen LogP contribution in [0.25, 0.3) is 5.69 Å². The number of benzene rings is 1. The number of aryl methyl sites for hydroxylation is 1. The lowest BCUT2D eigenvalue weighted by molar-refractivity contribution is -0.0392. The van der Waals surface area contributed by atoms with E-state index < -0.39 is 0 Å². The Hall–Kier alpha value is -3.32. The summed E-state index contributed by atoms with van der Waals surface area (Å²) in [6, 6.07) is 14.2. The minimum absolute atomic E-state index is 0.0516. The van der Waals surface area contributed by atoms with Gasteiger partial charge < -0.3 is 24.3 Å². The van der Waals surface area contributed by atoms with Crippen LogP contribution in [-0.4, -0.2) is 52.8 Å². The number of aromatic nitrogens is 2. The number of rotatable bonds is 2. The van der Waals surface area contributed by atoms with Crippen LogP contribution in [-0.2, 0) is 10.3 Å². The van der Waals surface area contributed by atoms with Gasteiger partial charge in [0.05, 0.1) is 41.9 Å². The fourth-order valence-electron chi connectivity index (χ4n) is 5.64. The molecule has 2 aromatic heterocycles. The number of likely N-dealkylation sites (tertiary alicyclic amines) is 1. The molecule has 3 aliphatic heterocycles. The molecule has 1 amide bonds. The molecule has 7 nitrogen and oxygen atoms in total.